The number of aromatic nitrogens is 2. The second kappa shape index (κ2) is 6.29. The highest BCUT2D eigenvalue weighted by atomic mass is 32.1. The number of nitrogens with one attached hydrogen (secondary N) is 1. The first kappa shape index (κ1) is 13.5. The van der Waals surface area contributed by atoms with Crippen LogP contribution >= 0.6 is 11.3 Å². The minimum absolute atomic E-state index is 0.326. The molecular formula is C13H15N3O2S. The molecular weight excluding hydrogens is 262 g/mol. The van der Waals surface area contributed by atoms with E-state index >= 15 is 0 Å². The molecule has 0 aliphatic rings. The molecule has 0 spiro atoms. The summed E-state index contributed by atoms with van der Waals surface area (Å²) in [5.41, 5.74) is 2.53. The van der Waals surface area contributed by atoms with Crippen LogP contribution < -0.4 is 5.32 Å². The van der Waals surface area contributed by atoms with Gasteiger partial charge in [-0.2, -0.15) is 0 Å². The van der Waals surface area contributed by atoms with E-state index in [1.54, 1.807) is 11.6 Å². The minimum Gasteiger partial charge on any atom is -0.464 e. The van der Waals surface area contributed by atoms with Gasteiger partial charge in [0.05, 0.1) is 19.3 Å². The molecule has 0 aliphatic carbocycles. The van der Waals surface area contributed by atoms with Crippen LogP contribution in [0.1, 0.15) is 28.7 Å². The Labute approximate surface area is 115 Å². The predicted octanol–water partition coefficient (Wildman–Crippen LogP) is 2.50. The Balaban J connectivity index is 2.02. The molecule has 5 nitrogen and oxygen atoms in total. The average Bonchev–Trinajstić information content (AvgIpc) is 2.93. The van der Waals surface area contributed by atoms with Crippen molar-refractivity contribution in [1.29, 1.82) is 0 Å². The fourth-order valence-electron chi connectivity index (χ4n) is 1.66. The lowest BCUT2D eigenvalue weighted by Crippen LogP contribution is -2.06. The van der Waals surface area contributed by atoms with Crippen molar-refractivity contribution in [1.82, 2.24) is 9.97 Å². The summed E-state index contributed by atoms with van der Waals surface area (Å²) in [6.45, 7) is 2.69. The van der Waals surface area contributed by atoms with Crippen LogP contribution in [0.4, 0.5) is 5.13 Å². The van der Waals surface area contributed by atoms with E-state index in [9.17, 15) is 4.79 Å². The number of methoxy groups -OCH3 is 1. The van der Waals surface area contributed by atoms with Crippen molar-refractivity contribution < 1.29 is 9.53 Å². The van der Waals surface area contributed by atoms with Gasteiger partial charge in [-0.25, -0.2) is 9.78 Å². The summed E-state index contributed by atoms with van der Waals surface area (Å²) in [6, 6.07) is 3.99. The monoisotopic (exact) mass is 277 g/mol. The van der Waals surface area contributed by atoms with Crippen molar-refractivity contribution in [2.75, 3.05) is 12.4 Å². The molecule has 6 heteroatoms. The SMILES string of the molecule is CCc1cccnc1CNc1nc(C(=O)OC)cs1. The third-order valence-electron chi connectivity index (χ3n) is 2.67. The summed E-state index contributed by atoms with van der Waals surface area (Å²) in [7, 11) is 1.34. The van der Waals surface area contributed by atoms with Gasteiger partial charge in [-0.05, 0) is 18.1 Å². The van der Waals surface area contributed by atoms with Gasteiger partial charge in [0.2, 0.25) is 0 Å². The van der Waals surface area contributed by atoms with Gasteiger partial charge in [-0.1, -0.05) is 13.0 Å². The Hall–Kier alpha value is -1.95. The molecule has 2 aromatic rings. The number of pyridine rings is 1. The van der Waals surface area contributed by atoms with Crippen LogP contribution in [0.15, 0.2) is 23.7 Å². The van der Waals surface area contributed by atoms with Gasteiger partial charge in [0.25, 0.3) is 0 Å². The lowest BCUT2D eigenvalue weighted by atomic mass is 10.1. The number of carbonyl (C=O) groups is 1. The minimum atomic E-state index is -0.420. The lowest BCUT2D eigenvalue weighted by molar-refractivity contribution is 0.0595. The fraction of sp³-hybridized carbons (Fsp3) is 0.308. The first-order valence-electron chi connectivity index (χ1n) is 5.95. The molecule has 0 saturated heterocycles. The first-order valence-corrected chi connectivity index (χ1v) is 6.83. The van der Waals surface area contributed by atoms with E-state index in [2.05, 4.69) is 33.0 Å². The van der Waals surface area contributed by atoms with E-state index in [0.717, 1.165) is 12.1 Å². The molecule has 1 N–H and O–H groups in total. The molecule has 0 radical (unpaired) electrons. The zero-order valence-electron chi connectivity index (χ0n) is 10.8. The van der Waals surface area contributed by atoms with E-state index in [-0.39, 0.29) is 0 Å². The summed E-state index contributed by atoms with van der Waals surface area (Å²) in [4.78, 5) is 19.8. The van der Waals surface area contributed by atoms with Crippen molar-refractivity contribution >= 4 is 22.4 Å². The topological polar surface area (TPSA) is 64.1 Å². The van der Waals surface area contributed by atoms with Crippen LogP contribution in [0.2, 0.25) is 0 Å². The molecule has 2 heterocycles. The van der Waals surface area contributed by atoms with Gasteiger partial charge in [0.1, 0.15) is 0 Å². The number of anilines is 1. The lowest BCUT2D eigenvalue weighted by Gasteiger charge is -2.06. The smallest absolute Gasteiger partial charge is 0.357 e. The highest BCUT2D eigenvalue weighted by Gasteiger charge is 2.10. The van der Waals surface area contributed by atoms with Gasteiger partial charge < -0.3 is 10.1 Å². The van der Waals surface area contributed by atoms with Crippen LogP contribution in [-0.2, 0) is 17.7 Å². The molecule has 0 aliphatic heterocycles. The first-order chi connectivity index (χ1) is 9.24. The Kier molecular flexibility index (Phi) is 4.46. The molecule has 100 valence electrons. The number of hydrogen-bond donors (Lipinski definition) is 1. The molecule has 2 aromatic heterocycles. The quantitative estimate of drug-likeness (QED) is 0.851. The fourth-order valence-corrected chi connectivity index (χ4v) is 2.34. The predicted molar refractivity (Wildman–Crippen MR) is 74.4 cm³/mol. The van der Waals surface area contributed by atoms with Crippen LogP contribution in [0, 0.1) is 0 Å². The highest BCUT2D eigenvalue weighted by molar-refractivity contribution is 7.13. The van der Waals surface area contributed by atoms with E-state index in [1.165, 1.54) is 24.0 Å². The van der Waals surface area contributed by atoms with Gasteiger partial charge in [-0.15, -0.1) is 11.3 Å². The number of nitrogens with zero attached hydrogens (tertiary/aromatic N) is 2. The Bertz CT molecular complexity index is 569. The van der Waals surface area contributed by atoms with Crippen LogP contribution in [-0.4, -0.2) is 23.0 Å². The summed E-state index contributed by atoms with van der Waals surface area (Å²) < 4.78 is 4.61. The van der Waals surface area contributed by atoms with Crippen molar-refractivity contribution in [3.63, 3.8) is 0 Å². The third kappa shape index (κ3) is 3.29. The molecule has 19 heavy (non-hydrogen) atoms. The molecule has 0 saturated carbocycles. The van der Waals surface area contributed by atoms with Gasteiger partial charge >= 0.3 is 5.97 Å². The van der Waals surface area contributed by atoms with Gasteiger partial charge in [0, 0.05) is 11.6 Å². The van der Waals surface area contributed by atoms with E-state index in [4.69, 9.17) is 0 Å². The summed E-state index contributed by atoms with van der Waals surface area (Å²) in [6.07, 6.45) is 2.72. The Morgan fingerprint density at radius 1 is 1.53 bits per heavy atom. The molecule has 0 unspecified atom stereocenters. The average molecular weight is 277 g/mol. The van der Waals surface area contributed by atoms with Gasteiger partial charge in [-0.3, -0.25) is 4.98 Å². The van der Waals surface area contributed by atoms with Crippen LogP contribution in [0.5, 0.6) is 0 Å². The summed E-state index contributed by atoms with van der Waals surface area (Å²) in [5.74, 6) is -0.420. The van der Waals surface area contributed by atoms with Crippen LogP contribution in [0.25, 0.3) is 0 Å². The van der Waals surface area contributed by atoms with Crippen molar-refractivity contribution in [2.45, 2.75) is 19.9 Å². The number of carbonyl (C=O) groups excluding carboxylic acids is 1. The standard InChI is InChI=1S/C13H15N3O2S/c1-3-9-5-4-6-14-10(9)7-15-13-16-11(8-19-13)12(17)18-2/h4-6,8H,3,7H2,1-2H3,(H,15,16). The normalized spacial score (nSPS) is 10.2. The number of aryl methyl sites for hydroxylation is 1. The molecule has 2 rings (SSSR count). The maximum absolute atomic E-state index is 11.3. The van der Waals surface area contributed by atoms with E-state index < -0.39 is 5.97 Å². The number of rotatable bonds is 5. The van der Waals surface area contributed by atoms with Crippen molar-refractivity contribution in [3.8, 4) is 0 Å². The Morgan fingerprint density at radius 2 is 2.37 bits per heavy atom. The summed E-state index contributed by atoms with van der Waals surface area (Å²) >= 11 is 1.38. The molecule has 0 aromatic carbocycles. The maximum Gasteiger partial charge on any atom is 0.357 e. The summed E-state index contributed by atoms with van der Waals surface area (Å²) in [5, 5.41) is 5.53. The van der Waals surface area contributed by atoms with Crippen molar-refractivity contribution in [2.24, 2.45) is 0 Å². The second-order valence-electron chi connectivity index (χ2n) is 3.85. The van der Waals surface area contributed by atoms with Crippen LogP contribution in [0.3, 0.4) is 0 Å². The van der Waals surface area contributed by atoms with E-state index in [0.29, 0.717) is 17.4 Å². The second-order valence-corrected chi connectivity index (χ2v) is 4.70. The largest absolute Gasteiger partial charge is 0.464 e. The molecule has 0 amide bonds. The molecule has 0 bridgehead atoms. The third-order valence-corrected chi connectivity index (χ3v) is 3.47. The number of esters is 1. The molecule has 0 atom stereocenters. The molecule has 0 fully saturated rings. The Morgan fingerprint density at radius 3 is 3.11 bits per heavy atom. The highest BCUT2D eigenvalue weighted by Crippen LogP contribution is 2.17. The van der Waals surface area contributed by atoms with E-state index in [1.807, 2.05) is 6.07 Å². The maximum atomic E-state index is 11.3. The van der Waals surface area contributed by atoms with Gasteiger partial charge in [0.15, 0.2) is 10.8 Å². The number of hydrogen-bond acceptors (Lipinski definition) is 6. The zero-order valence-corrected chi connectivity index (χ0v) is 11.7. The number of ether oxygens (including phenoxy) is 1. The van der Waals surface area contributed by atoms with Crippen molar-refractivity contribution in [3.05, 3.63) is 40.7 Å². The zero-order chi connectivity index (χ0) is 13.7. The number of thiazole rings is 1.